The molecule has 0 atom stereocenters. The Morgan fingerprint density at radius 2 is 1.85 bits per heavy atom. The predicted octanol–water partition coefficient (Wildman–Crippen LogP) is 2.89. The average Bonchev–Trinajstić information content (AvgIpc) is 2.66. The molecule has 0 radical (unpaired) electrons. The fourth-order valence-electron chi connectivity index (χ4n) is 2.30. The van der Waals surface area contributed by atoms with E-state index in [-0.39, 0.29) is 23.6 Å². The predicted molar refractivity (Wildman–Crippen MR) is 103 cm³/mol. The minimum absolute atomic E-state index is 0.0846. The third kappa shape index (κ3) is 6.71. The lowest BCUT2D eigenvalue weighted by Crippen LogP contribution is -2.26. The molecule has 27 heavy (non-hydrogen) atoms. The Balaban J connectivity index is 1.97. The molecule has 0 bridgehead atoms. The summed E-state index contributed by atoms with van der Waals surface area (Å²) in [7, 11) is 1.61. The Kier molecular flexibility index (Phi) is 7.76. The summed E-state index contributed by atoms with van der Waals surface area (Å²) in [6.45, 7) is 4.95. The molecule has 2 aromatic rings. The second-order valence-electron chi connectivity index (χ2n) is 6.18. The first kappa shape index (κ1) is 20.4. The Bertz CT molecular complexity index is 760. The van der Waals surface area contributed by atoms with Crippen LogP contribution in [0.1, 0.15) is 41.1 Å². The molecular weight excluding hydrogens is 346 g/mol. The van der Waals surface area contributed by atoms with Crippen LogP contribution in [-0.2, 0) is 4.74 Å². The van der Waals surface area contributed by atoms with Gasteiger partial charge < -0.3 is 20.1 Å². The van der Waals surface area contributed by atoms with Crippen LogP contribution in [0.25, 0.3) is 0 Å². The molecule has 0 spiro atoms. The monoisotopic (exact) mass is 371 g/mol. The number of methoxy groups -OCH3 is 1. The van der Waals surface area contributed by atoms with Gasteiger partial charge in [0, 0.05) is 37.7 Å². The number of pyridine rings is 1. The fraction of sp³-hybridized carbons (Fsp3) is 0.350. The number of aromatic nitrogens is 1. The van der Waals surface area contributed by atoms with Gasteiger partial charge in [0.05, 0.1) is 6.10 Å². The first-order valence-corrected chi connectivity index (χ1v) is 8.81. The number of anilines is 1. The number of carbonyl (C=O) groups is 2. The summed E-state index contributed by atoms with van der Waals surface area (Å²) >= 11 is 0. The van der Waals surface area contributed by atoms with Gasteiger partial charge in [-0.05, 0) is 56.7 Å². The van der Waals surface area contributed by atoms with E-state index in [1.54, 1.807) is 37.4 Å². The molecule has 0 aliphatic heterocycles. The Morgan fingerprint density at radius 1 is 1.11 bits per heavy atom. The van der Waals surface area contributed by atoms with E-state index in [1.165, 1.54) is 12.3 Å². The van der Waals surface area contributed by atoms with Crippen molar-refractivity contribution in [2.45, 2.75) is 26.4 Å². The van der Waals surface area contributed by atoms with Gasteiger partial charge >= 0.3 is 0 Å². The van der Waals surface area contributed by atoms with E-state index >= 15 is 0 Å². The highest BCUT2D eigenvalue weighted by Crippen LogP contribution is 2.17. The Hall–Kier alpha value is -2.93. The van der Waals surface area contributed by atoms with Crippen molar-refractivity contribution in [1.29, 1.82) is 0 Å². The minimum atomic E-state index is -0.323. The number of hydrogen-bond acceptors (Lipinski definition) is 5. The van der Waals surface area contributed by atoms with Crippen molar-refractivity contribution in [3.05, 3.63) is 53.9 Å². The lowest BCUT2D eigenvalue weighted by molar-refractivity contribution is 0.0943. The molecule has 0 aliphatic carbocycles. The first-order valence-electron chi connectivity index (χ1n) is 8.81. The maximum Gasteiger partial charge on any atom is 0.269 e. The van der Waals surface area contributed by atoms with Crippen LogP contribution in [0.2, 0.25) is 0 Å². The van der Waals surface area contributed by atoms with Gasteiger partial charge in [0.1, 0.15) is 11.4 Å². The summed E-state index contributed by atoms with van der Waals surface area (Å²) in [5.41, 5.74) is 1.19. The molecule has 2 N–H and O–H groups in total. The molecule has 144 valence electrons. The van der Waals surface area contributed by atoms with Crippen molar-refractivity contribution in [3.8, 4) is 5.75 Å². The maximum absolute atomic E-state index is 12.4. The van der Waals surface area contributed by atoms with E-state index in [0.717, 1.165) is 5.75 Å². The number of benzene rings is 1. The number of amides is 2. The molecule has 0 fully saturated rings. The van der Waals surface area contributed by atoms with E-state index in [4.69, 9.17) is 9.47 Å². The summed E-state index contributed by atoms with van der Waals surface area (Å²) < 4.78 is 10.5. The van der Waals surface area contributed by atoms with Crippen LogP contribution < -0.4 is 15.4 Å². The molecular formula is C20H25N3O4. The highest BCUT2D eigenvalue weighted by molar-refractivity contribution is 6.05. The number of rotatable bonds is 9. The van der Waals surface area contributed by atoms with Crippen molar-refractivity contribution in [1.82, 2.24) is 10.3 Å². The lowest BCUT2D eigenvalue weighted by Gasteiger charge is -2.11. The quantitative estimate of drug-likeness (QED) is 0.662. The van der Waals surface area contributed by atoms with Crippen molar-refractivity contribution >= 4 is 17.5 Å². The molecule has 1 aromatic carbocycles. The third-order valence-corrected chi connectivity index (χ3v) is 3.55. The smallest absolute Gasteiger partial charge is 0.269 e. The summed E-state index contributed by atoms with van der Waals surface area (Å²) in [5.74, 6) is 0.0960. The minimum Gasteiger partial charge on any atom is -0.491 e. The zero-order chi connectivity index (χ0) is 19.6. The molecule has 0 aliphatic rings. The number of ether oxygens (including phenoxy) is 2. The van der Waals surface area contributed by atoms with E-state index in [2.05, 4.69) is 15.6 Å². The molecule has 0 saturated carbocycles. The van der Waals surface area contributed by atoms with Gasteiger partial charge in [-0.25, -0.2) is 0 Å². The largest absolute Gasteiger partial charge is 0.491 e. The van der Waals surface area contributed by atoms with E-state index in [0.29, 0.717) is 30.8 Å². The van der Waals surface area contributed by atoms with Crippen molar-refractivity contribution in [2.75, 3.05) is 25.6 Å². The standard InChI is InChI=1S/C20H25N3O4/c1-14(2)27-17-7-5-16(6-8-17)23-19(24)15-9-11-21-18(13-15)20(25)22-10-4-12-26-3/h5-9,11,13-14H,4,10,12H2,1-3H3,(H,22,25)(H,23,24). The second kappa shape index (κ2) is 10.3. The van der Waals surface area contributed by atoms with Crippen molar-refractivity contribution < 1.29 is 19.1 Å². The van der Waals surface area contributed by atoms with Gasteiger partial charge in [-0.3, -0.25) is 14.6 Å². The van der Waals surface area contributed by atoms with Crippen LogP contribution >= 0.6 is 0 Å². The van der Waals surface area contributed by atoms with E-state index in [9.17, 15) is 9.59 Å². The van der Waals surface area contributed by atoms with Crippen LogP contribution in [0.3, 0.4) is 0 Å². The highest BCUT2D eigenvalue weighted by atomic mass is 16.5. The topological polar surface area (TPSA) is 89.5 Å². The summed E-state index contributed by atoms with van der Waals surface area (Å²) in [4.78, 5) is 28.6. The van der Waals surface area contributed by atoms with Gasteiger partial charge in [0.25, 0.3) is 11.8 Å². The van der Waals surface area contributed by atoms with Gasteiger partial charge in [0.2, 0.25) is 0 Å². The number of nitrogens with zero attached hydrogens (tertiary/aromatic N) is 1. The average molecular weight is 371 g/mol. The second-order valence-corrected chi connectivity index (χ2v) is 6.18. The molecule has 2 rings (SSSR count). The van der Waals surface area contributed by atoms with Gasteiger partial charge in [-0.1, -0.05) is 0 Å². The van der Waals surface area contributed by atoms with Crippen LogP contribution in [0.5, 0.6) is 5.75 Å². The van der Waals surface area contributed by atoms with Crippen molar-refractivity contribution in [2.24, 2.45) is 0 Å². The summed E-state index contributed by atoms with van der Waals surface area (Å²) in [6, 6.07) is 10.1. The number of nitrogens with one attached hydrogen (secondary N) is 2. The zero-order valence-corrected chi connectivity index (χ0v) is 15.8. The molecule has 7 nitrogen and oxygen atoms in total. The molecule has 2 amide bonds. The summed E-state index contributed by atoms with van der Waals surface area (Å²) in [5, 5.41) is 5.54. The lowest BCUT2D eigenvalue weighted by atomic mass is 10.2. The van der Waals surface area contributed by atoms with Gasteiger partial charge in [0.15, 0.2) is 0 Å². The SMILES string of the molecule is COCCCNC(=O)c1cc(C(=O)Nc2ccc(OC(C)C)cc2)ccn1. The molecule has 0 saturated heterocycles. The molecule has 7 heteroatoms. The zero-order valence-electron chi connectivity index (χ0n) is 15.8. The summed E-state index contributed by atoms with van der Waals surface area (Å²) in [6.07, 6.45) is 2.23. The third-order valence-electron chi connectivity index (χ3n) is 3.55. The molecule has 1 heterocycles. The Morgan fingerprint density at radius 3 is 2.52 bits per heavy atom. The number of carbonyl (C=O) groups excluding carboxylic acids is 2. The van der Waals surface area contributed by atoms with Gasteiger partial charge in [-0.2, -0.15) is 0 Å². The van der Waals surface area contributed by atoms with E-state index in [1.807, 2.05) is 13.8 Å². The van der Waals surface area contributed by atoms with Crippen LogP contribution in [0.4, 0.5) is 5.69 Å². The first-order chi connectivity index (χ1) is 13.0. The highest BCUT2D eigenvalue weighted by Gasteiger charge is 2.12. The molecule has 1 aromatic heterocycles. The fourth-order valence-corrected chi connectivity index (χ4v) is 2.30. The molecule has 0 unspecified atom stereocenters. The van der Waals surface area contributed by atoms with Gasteiger partial charge in [-0.15, -0.1) is 0 Å². The van der Waals surface area contributed by atoms with Crippen LogP contribution in [0, 0.1) is 0 Å². The van der Waals surface area contributed by atoms with E-state index < -0.39 is 0 Å². The van der Waals surface area contributed by atoms with Crippen LogP contribution in [0.15, 0.2) is 42.6 Å². The maximum atomic E-state index is 12.4. The van der Waals surface area contributed by atoms with Crippen molar-refractivity contribution in [3.63, 3.8) is 0 Å². The Labute approximate surface area is 159 Å². The van der Waals surface area contributed by atoms with Crippen LogP contribution in [-0.4, -0.2) is 43.2 Å². The number of hydrogen-bond donors (Lipinski definition) is 2. The normalized spacial score (nSPS) is 10.5.